The molecule has 0 radical (unpaired) electrons. The number of hydrogen-bond acceptors (Lipinski definition) is 6. The number of nitrogens with one attached hydrogen (secondary N) is 1. The van der Waals surface area contributed by atoms with Crippen LogP contribution < -0.4 is 5.32 Å². The van der Waals surface area contributed by atoms with Crippen molar-refractivity contribution in [3.05, 3.63) is 57.6 Å². The SMILES string of the molecule is Cc1cc(Cl)cc(-c2ccnc3cc(CN4C(=O)C5C(C4=O)C5(C)C)sc23)c1/C=C/[C@H]1COCCN1. The number of morpholine rings is 1. The third-order valence-corrected chi connectivity index (χ3v) is 9.12. The van der Waals surface area contributed by atoms with Gasteiger partial charge in [0, 0.05) is 34.2 Å². The molecule has 6 rings (SSSR count). The average molecular weight is 522 g/mol. The number of piperidine rings is 1. The Hall–Kier alpha value is -2.58. The summed E-state index contributed by atoms with van der Waals surface area (Å²) in [6.07, 6.45) is 6.09. The summed E-state index contributed by atoms with van der Waals surface area (Å²) in [6.45, 7) is 8.60. The van der Waals surface area contributed by atoms with Gasteiger partial charge in [0.15, 0.2) is 0 Å². The second-order valence-electron chi connectivity index (χ2n) is 10.5. The van der Waals surface area contributed by atoms with Crippen LogP contribution in [0.4, 0.5) is 0 Å². The van der Waals surface area contributed by atoms with E-state index in [4.69, 9.17) is 16.3 Å². The molecule has 2 saturated heterocycles. The number of thiophene rings is 1. The smallest absolute Gasteiger partial charge is 0.234 e. The Morgan fingerprint density at radius 2 is 2.00 bits per heavy atom. The lowest BCUT2D eigenvalue weighted by molar-refractivity contribution is -0.143. The van der Waals surface area contributed by atoms with Gasteiger partial charge < -0.3 is 10.1 Å². The normalized spacial score (nSPS) is 25.2. The van der Waals surface area contributed by atoms with E-state index in [0.717, 1.165) is 50.5 Å². The van der Waals surface area contributed by atoms with Crippen LogP contribution in [0.1, 0.15) is 29.9 Å². The Kier molecular flexibility index (Phi) is 5.80. The van der Waals surface area contributed by atoms with E-state index < -0.39 is 0 Å². The molecule has 3 aliphatic rings. The number of rotatable bonds is 5. The van der Waals surface area contributed by atoms with E-state index >= 15 is 0 Å². The van der Waals surface area contributed by atoms with Gasteiger partial charge in [-0.15, -0.1) is 11.3 Å². The molecular weight excluding hydrogens is 494 g/mol. The number of aryl methyl sites for hydroxylation is 1. The molecule has 0 spiro atoms. The number of likely N-dealkylation sites (tertiary alicyclic amines) is 1. The lowest BCUT2D eigenvalue weighted by atomic mass is 9.95. The van der Waals surface area contributed by atoms with Crippen molar-refractivity contribution < 1.29 is 14.3 Å². The first-order valence-electron chi connectivity index (χ1n) is 12.3. The molecule has 1 saturated carbocycles. The van der Waals surface area contributed by atoms with Crippen LogP contribution in [0.2, 0.25) is 5.02 Å². The predicted molar refractivity (Wildman–Crippen MR) is 143 cm³/mol. The zero-order valence-electron chi connectivity index (χ0n) is 20.5. The first kappa shape index (κ1) is 23.8. The number of carbonyl (C=O) groups excluding carboxylic acids is 2. The van der Waals surface area contributed by atoms with Gasteiger partial charge in [-0.2, -0.15) is 0 Å². The number of pyridine rings is 1. The van der Waals surface area contributed by atoms with Crippen molar-refractivity contribution in [2.75, 3.05) is 19.8 Å². The average Bonchev–Trinajstić information content (AvgIpc) is 3.10. The van der Waals surface area contributed by atoms with E-state index in [0.29, 0.717) is 18.2 Å². The van der Waals surface area contributed by atoms with Gasteiger partial charge in [0.25, 0.3) is 0 Å². The maximum atomic E-state index is 12.9. The zero-order valence-corrected chi connectivity index (χ0v) is 22.1. The molecule has 1 aromatic carbocycles. The number of imide groups is 1. The number of fused-ring (bicyclic) bond motifs is 2. The largest absolute Gasteiger partial charge is 0.378 e. The highest BCUT2D eigenvalue weighted by Crippen LogP contribution is 2.63. The van der Waals surface area contributed by atoms with E-state index in [2.05, 4.69) is 29.4 Å². The van der Waals surface area contributed by atoms with Crippen LogP contribution in [0.3, 0.4) is 0 Å². The van der Waals surface area contributed by atoms with E-state index in [1.54, 1.807) is 17.5 Å². The third-order valence-electron chi connectivity index (χ3n) is 7.76. The van der Waals surface area contributed by atoms with Crippen molar-refractivity contribution in [1.82, 2.24) is 15.2 Å². The molecule has 4 heterocycles. The second-order valence-corrected chi connectivity index (χ2v) is 12.1. The summed E-state index contributed by atoms with van der Waals surface area (Å²) in [6, 6.07) is 8.15. The molecule has 186 valence electrons. The third kappa shape index (κ3) is 3.89. The van der Waals surface area contributed by atoms with Crippen molar-refractivity contribution in [3.8, 4) is 11.1 Å². The van der Waals surface area contributed by atoms with Crippen LogP contribution >= 0.6 is 22.9 Å². The molecule has 36 heavy (non-hydrogen) atoms. The fourth-order valence-corrected chi connectivity index (χ4v) is 7.12. The summed E-state index contributed by atoms with van der Waals surface area (Å²) in [4.78, 5) is 32.7. The molecule has 1 aliphatic carbocycles. The number of aromatic nitrogens is 1. The molecule has 2 aliphatic heterocycles. The highest BCUT2D eigenvalue weighted by Gasteiger charge is 2.72. The van der Waals surface area contributed by atoms with E-state index in [1.807, 2.05) is 38.1 Å². The standard InChI is InChI=1S/C28H28ClN3O3S/c1-15-10-16(29)11-21(19(15)5-4-17-14-35-9-8-30-17)20-6-7-31-22-12-18(36-25(20)22)13-32-26(33)23-24(27(32)34)28(23,2)3/h4-7,10-12,17,23-24,30H,8-9,13-14H2,1-3H3/b5-4+/t17-,23?,24?/m0/s1. The highest BCUT2D eigenvalue weighted by atomic mass is 35.5. The highest BCUT2D eigenvalue weighted by molar-refractivity contribution is 7.19. The molecule has 0 bridgehead atoms. The molecule has 1 N–H and O–H groups in total. The monoisotopic (exact) mass is 521 g/mol. The first-order valence-corrected chi connectivity index (χ1v) is 13.5. The van der Waals surface area contributed by atoms with Crippen LogP contribution in [0.25, 0.3) is 27.4 Å². The summed E-state index contributed by atoms with van der Waals surface area (Å²) in [5.41, 5.74) is 4.91. The van der Waals surface area contributed by atoms with Crippen LogP contribution in [0, 0.1) is 24.2 Å². The van der Waals surface area contributed by atoms with E-state index in [9.17, 15) is 9.59 Å². The minimum atomic E-state index is -0.201. The minimum Gasteiger partial charge on any atom is -0.378 e. The number of nitrogens with zero attached hydrogens (tertiary/aromatic N) is 2. The van der Waals surface area contributed by atoms with Crippen LogP contribution in [0.5, 0.6) is 0 Å². The summed E-state index contributed by atoms with van der Waals surface area (Å²) in [7, 11) is 0. The van der Waals surface area contributed by atoms with Gasteiger partial charge in [-0.1, -0.05) is 37.6 Å². The molecule has 3 atom stereocenters. The van der Waals surface area contributed by atoms with Gasteiger partial charge in [-0.05, 0) is 53.3 Å². The second kappa shape index (κ2) is 8.77. The summed E-state index contributed by atoms with van der Waals surface area (Å²) < 4.78 is 6.61. The Morgan fingerprint density at radius 1 is 1.22 bits per heavy atom. The number of amides is 2. The van der Waals surface area contributed by atoms with Crippen LogP contribution in [-0.4, -0.2) is 47.5 Å². The maximum Gasteiger partial charge on any atom is 0.234 e. The Bertz CT molecular complexity index is 1400. The predicted octanol–water partition coefficient (Wildman–Crippen LogP) is 5.07. The molecule has 6 nitrogen and oxygen atoms in total. The quantitative estimate of drug-likeness (QED) is 0.475. The van der Waals surface area contributed by atoms with Gasteiger partial charge >= 0.3 is 0 Å². The fourth-order valence-electron chi connectivity index (χ4n) is 5.71. The number of ether oxygens (including phenoxy) is 1. The summed E-state index contributed by atoms with van der Waals surface area (Å²) >= 11 is 8.10. The Morgan fingerprint density at radius 3 is 2.72 bits per heavy atom. The van der Waals surface area contributed by atoms with Crippen molar-refractivity contribution in [3.63, 3.8) is 0 Å². The number of carbonyl (C=O) groups is 2. The van der Waals surface area contributed by atoms with Gasteiger partial charge in [-0.25, -0.2) is 0 Å². The lowest BCUT2D eigenvalue weighted by Gasteiger charge is -2.21. The van der Waals surface area contributed by atoms with Gasteiger partial charge in [0.2, 0.25) is 11.8 Å². The van der Waals surface area contributed by atoms with E-state index in [1.165, 1.54) is 4.90 Å². The van der Waals surface area contributed by atoms with Gasteiger partial charge in [-0.3, -0.25) is 19.5 Å². The molecular formula is C28H28ClN3O3S. The van der Waals surface area contributed by atoms with E-state index in [-0.39, 0.29) is 35.1 Å². The number of hydrogen-bond donors (Lipinski definition) is 1. The summed E-state index contributed by atoms with van der Waals surface area (Å²) in [5, 5.41) is 4.14. The van der Waals surface area contributed by atoms with Crippen molar-refractivity contribution >= 4 is 51.0 Å². The maximum absolute atomic E-state index is 12.9. The first-order chi connectivity index (χ1) is 17.3. The summed E-state index contributed by atoms with van der Waals surface area (Å²) in [5.74, 6) is -0.417. The molecule has 2 amide bonds. The Balaban J connectivity index is 1.35. The van der Waals surface area contributed by atoms with Crippen LogP contribution in [-0.2, 0) is 20.9 Å². The molecule has 3 aromatic rings. The number of halogens is 1. The van der Waals surface area contributed by atoms with Crippen molar-refractivity contribution in [2.45, 2.75) is 33.4 Å². The van der Waals surface area contributed by atoms with Crippen molar-refractivity contribution in [1.29, 1.82) is 0 Å². The molecule has 2 aromatic heterocycles. The molecule has 2 unspecified atom stereocenters. The topological polar surface area (TPSA) is 71.5 Å². The Labute approximate surface area is 219 Å². The lowest BCUT2D eigenvalue weighted by Crippen LogP contribution is -2.39. The number of benzene rings is 1. The van der Waals surface area contributed by atoms with Gasteiger partial charge in [0.05, 0.1) is 41.8 Å². The fraction of sp³-hybridized carbons (Fsp3) is 0.393. The molecule has 8 heteroatoms. The molecule has 3 fully saturated rings. The van der Waals surface area contributed by atoms with Gasteiger partial charge in [0.1, 0.15) is 0 Å². The zero-order chi connectivity index (χ0) is 25.2. The van der Waals surface area contributed by atoms with Crippen LogP contribution in [0.15, 0.2) is 36.5 Å². The minimum absolute atomic E-state index is 0.0428. The van der Waals surface area contributed by atoms with Crippen molar-refractivity contribution in [2.24, 2.45) is 17.3 Å².